The van der Waals surface area contributed by atoms with Crippen LogP contribution in [0, 0.1) is 0 Å². The van der Waals surface area contributed by atoms with Gasteiger partial charge in [-0.3, -0.25) is 0 Å². The molecule has 8 rings (SSSR count). The summed E-state index contributed by atoms with van der Waals surface area (Å²) in [5, 5.41) is 4.25. The quantitative estimate of drug-likeness (QED) is 0.240. The first kappa shape index (κ1) is 21.8. The number of nitrogens with zero attached hydrogens (tertiary/aromatic N) is 1. The molecule has 0 aliphatic heterocycles. The molecule has 0 aliphatic rings. The summed E-state index contributed by atoms with van der Waals surface area (Å²) in [5.74, 6) is 0. The molecule has 0 saturated heterocycles. The highest BCUT2D eigenvalue weighted by molar-refractivity contribution is 6.16. The third-order valence-corrected chi connectivity index (χ3v) is 7.44. The molecule has 3 nitrogen and oxygen atoms in total. The minimum Gasteiger partial charge on any atom is -0.456 e. The molecule has 0 atom stereocenters. The molecular formula is C36H23NO2. The number of hydrogen-bond acceptors (Lipinski definition) is 3. The van der Waals surface area contributed by atoms with Crippen LogP contribution in [0.2, 0.25) is 0 Å². The molecule has 8 aromatic rings. The van der Waals surface area contributed by atoms with E-state index in [9.17, 15) is 0 Å². The zero-order valence-electron chi connectivity index (χ0n) is 21.0. The van der Waals surface area contributed by atoms with Crippen LogP contribution >= 0.6 is 0 Å². The van der Waals surface area contributed by atoms with Crippen molar-refractivity contribution in [3.05, 3.63) is 140 Å². The summed E-state index contributed by atoms with van der Waals surface area (Å²) in [6, 6.07) is 48.3. The Balaban J connectivity index is 1.34. The molecule has 2 heterocycles. The molecule has 0 fully saturated rings. The number of para-hydroxylation sites is 3. The lowest BCUT2D eigenvalue weighted by molar-refractivity contribution is 0.664. The van der Waals surface area contributed by atoms with Gasteiger partial charge in [-0.15, -0.1) is 0 Å². The Morgan fingerprint density at radius 1 is 0.385 bits per heavy atom. The largest absolute Gasteiger partial charge is 0.456 e. The fourth-order valence-electron chi connectivity index (χ4n) is 5.64. The van der Waals surface area contributed by atoms with Crippen molar-refractivity contribution in [2.45, 2.75) is 0 Å². The monoisotopic (exact) mass is 501 g/mol. The third-order valence-electron chi connectivity index (χ3n) is 7.44. The van der Waals surface area contributed by atoms with E-state index >= 15 is 0 Å². The Morgan fingerprint density at radius 3 is 1.67 bits per heavy atom. The normalized spacial score (nSPS) is 11.6. The molecule has 39 heavy (non-hydrogen) atoms. The van der Waals surface area contributed by atoms with E-state index in [1.54, 1.807) is 0 Å². The number of anilines is 3. The van der Waals surface area contributed by atoms with Crippen LogP contribution in [-0.4, -0.2) is 0 Å². The van der Waals surface area contributed by atoms with E-state index in [1.807, 2.05) is 18.2 Å². The number of benzene rings is 6. The zero-order valence-corrected chi connectivity index (χ0v) is 21.0. The number of furan rings is 2. The van der Waals surface area contributed by atoms with Crippen molar-refractivity contribution in [1.29, 1.82) is 0 Å². The van der Waals surface area contributed by atoms with Gasteiger partial charge in [0, 0.05) is 44.2 Å². The maximum absolute atomic E-state index is 6.53. The Bertz CT molecular complexity index is 2070. The Morgan fingerprint density at radius 2 is 0.974 bits per heavy atom. The number of hydrogen-bond donors (Lipinski definition) is 0. The lowest BCUT2D eigenvalue weighted by Gasteiger charge is -2.25. The van der Waals surface area contributed by atoms with Crippen LogP contribution in [0.4, 0.5) is 17.1 Å². The van der Waals surface area contributed by atoms with Crippen LogP contribution in [0.1, 0.15) is 0 Å². The molecule has 3 heteroatoms. The predicted octanol–water partition coefficient (Wildman–Crippen LogP) is 10.6. The van der Waals surface area contributed by atoms with Crippen LogP contribution < -0.4 is 4.90 Å². The van der Waals surface area contributed by atoms with Gasteiger partial charge in [0.15, 0.2) is 0 Å². The van der Waals surface area contributed by atoms with E-state index in [1.165, 1.54) is 0 Å². The van der Waals surface area contributed by atoms with Gasteiger partial charge in [-0.05, 0) is 60.2 Å². The van der Waals surface area contributed by atoms with Crippen molar-refractivity contribution < 1.29 is 8.83 Å². The molecule has 0 aliphatic carbocycles. The van der Waals surface area contributed by atoms with Gasteiger partial charge in [0.2, 0.25) is 0 Å². The van der Waals surface area contributed by atoms with E-state index in [0.717, 1.165) is 72.1 Å². The highest BCUT2D eigenvalue weighted by Gasteiger charge is 2.18. The maximum atomic E-state index is 6.53. The van der Waals surface area contributed by atoms with Gasteiger partial charge in [0.1, 0.15) is 22.3 Å². The van der Waals surface area contributed by atoms with Crippen LogP contribution in [-0.2, 0) is 0 Å². The van der Waals surface area contributed by atoms with E-state index in [-0.39, 0.29) is 0 Å². The summed E-state index contributed by atoms with van der Waals surface area (Å²) in [6.07, 6.45) is 0. The molecule has 2 aromatic heterocycles. The fourth-order valence-corrected chi connectivity index (χ4v) is 5.64. The van der Waals surface area contributed by atoms with Crippen LogP contribution in [0.15, 0.2) is 148 Å². The predicted molar refractivity (Wildman–Crippen MR) is 161 cm³/mol. The summed E-state index contributed by atoms with van der Waals surface area (Å²) in [6.45, 7) is 0. The average molecular weight is 502 g/mol. The van der Waals surface area contributed by atoms with Crippen LogP contribution in [0.3, 0.4) is 0 Å². The van der Waals surface area contributed by atoms with Crippen LogP contribution in [0.25, 0.3) is 55.0 Å². The van der Waals surface area contributed by atoms with Gasteiger partial charge in [-0.25, -0.2) is 0 Å². The van der Waals surface area contributed by atoms with E-state index in [2.05, 4.69) is 126 Å². The molecule has 0 unspecified atom stereocenters. The first-order chi connectivity index (χ1) is 19.3. The Kier molecular flexibility index (Phi) is 4.82. The van der Waals surface area contributed by atoms with Crippen molar-refractivity contribution in [3.8, 4) is 11.1 Å². The van der Waals surface area contributed by atoms with Crippen molar-refractivity contribution in [1.82, 2.24) is 0 Å². The molecule has 184 valence electrons. The van der Waals surface area contributed by atoms with Gasteiger partial charge in [-0.1, -0.05) is 84.9 Å². The summed E-state index contributed by atoms with van der Waals surface area (Å²) >= 11 is 0. The summed E-state index contributed by atoms with van der Waals surface area (Å²) in [7, 11) is 0. The first-order valence-electron chi connectivity index (χ1n) is 13.1. The smallest absolute Gasteiger partial charge is 0.143 e. The first-order valence-corrected chi connectivity index (χ1v) is 13.1. The number of fused-ring (bicyclic) bond motifs is 6. The van der Waals surface area contributed by atoms with Crippen molar-refractivity contribution in [3.63, 3.8) is 0 Å². The molecule has 0 bridgehead atoms. The Hall–Kier alpha value is -5.28. The molecule has 6 aromatic carbocycles. The zero-order chi connectivity index (χ0) is 25.8. The average Bonchev–Trinajstić information content (AvgIpc) is 3.55. The molecular weight excluding hydrogens is 478 g/mol. The van der Waals surface area contributed by atoms with Gasteiger partial charge in [0.25, 0.3) is 0 Å². The topological polar surface area (TPSA) is 29.5 Å². The molecule has 0 radical (unpaired) electrons. The molecule has 0 amide bonds. The lowest BCUT2D eigenvalue weighted by Crippen LogP contribution is -2.09. The van der Waals surface area contributed by atoms with E-state index in [4.69, 9.17) is 8.83 Å². The summed E-state index contributed by atoms with van der Waals surface area (Å²) in [5.41, 5.74) is 8.97. The van der Waals surface area contributed by atoms with Gasteiger partial charge < -0.3 is 13.7 Å². The second-order valence-electron chi connectivity index (χ2n) is 9.78. The molecule has 0 spiro atoms. The summed E-state index contributed by atoms with van der Waals surface area (Å²) in [4.78, 5) is 2.27. The fraction of sp³-hybridized carbons (Fsp3) is 0. The number of rotatable bonds is 4. The van der Waals surface area contributed by atoms with Gasteiger partial charge in [-0.2, -0.15) is 0 Å². The Labute approximate surface area is 225 Å². The third kappa shape index (κ3) is 3.52. The second kappa shape index (κ2) is 8.64. The lowest BCUT2D eigenvalue weighted by atomic mass is 10.0. The minimum atomic E-state index is 0.855. The van der Waals surface area contributed by atoms with Crippen molar-refractivity contribution >= 4 is 60.9 Å². The highest BCUT2D eigenvalue weighted by Crippen LogP contribution is 2.42. The maximum Gasteiger partial charge on any atom is 0.143 e. The van der Waals surface area contributed by atoms with E-state index in [0.29, 0.717) is 0 Å². The minimum absolute atomic E-state index is 0.855. The SMILES string of the molecule is c1ccc(-c2cccc3c2oc2cc4c(cc23)oc2ccc(N(c3ccccc3)c3ccccc3)cc24)cc1. The summed E-state index contributed by atoms with van der Waals surface area (Å²) < 4.78 is 12.9. The standard InChI is InChI=1S/C36H23NO2/c1-4-11-24(12-5-1)28-17-10-18-29-31-22-34-32(23-35(31)39-36(28)29)30-21-27(19-20-33(30)38-34)37(25-13-6-2-7-14-25)26-15-8-3-9-16-26/h1-23H. The van der Waals surface area contributed by atoms with E-state index < -0.39 is 0 Å². The molecule has 0 saturated carbocycles. The van der Waals surface area contributed by atoms with Gasteiger partial charge >= 0.3 is 0 Å². The van der Waals surface area contributed by atoms with Crippen molar-refractivity contribution in [2.24, 2.45) is 0 Å². The second-order valence-corrected chi connectivity index (χ2v) is 9.78. The van der Waals surface area contributed by atoms with Crippen LogP contribution in [0.5, 0.6) is 0 Å². The molecule has 0 N–H and O–H groups in total. The van der Waals surface area contributed by atoms with Crippen molar-refractivity contribution in [2.75, 3.05) is 4.90 Å². The van der Waals surface area contributed by atoms with Gasteiger partial charge in [0.05, 0.1) is 0 Å². The highest BCUT2D eigenvalue weighted by atomic mass is 16.3.